The van der Waals surface area contributed by atoms with E-state index in [1.165, 1.54) is 6.33 Å². The predicted molar refractivity (Wildman–Crippen MR) is 71.9 cm³/mol. The minimum Gasteiger partial charge on any atom is -0.478 e. The average Bonchev–Trinajstić information content (AvgIpc) is 2.47. The van der Waals surface area contributed by atoms with Crippen molar-refractivity contribution in [1.29, 1.82) is 0 Å². The lowest BCUT2D eigenvalue weighted by Gasteiger charge is -2.07. The first-order valence-electron chi connectivity index (χ1n) is 5.77. The molecule has 0 aliphatic heterocycles. The second-order valence-electron chi connectivity index (χ2n) is 4.18. The fourth-order valence-electron chi connectivity index (χ4n) is 2.10. The number of fused-ring (bicyclic) bond motifs is 1. The Balaban J connectivity index is 2.31. The number of rotatable bonds is 2. The number of benzene rings is 2. The highest BCUT2D eigenvalue weighted by molar-refractivity contribution is 6.05. The number of nitrogens with zero attached hydrogens (tertiary/aromatic N) is 2. The molecule has 19 heavy (non-hydrogen) atoms. The van der Waals surface area contributed by atoms with E-state index in [-0.39, 0.29) is 5.56 Å². The van der Waals surface area contributed by atoms with Crippen LogP contribution in [0.1, 0.15) is 10.4 Å². The lowest BCUT2D eigenvalue weighted by atomic mass is 9.98. The van der Waals surface area contributed by atoms with E-state index >= 15 is 0 Å². The molecule has 2 aromatic carbocycles. The second-order valence-corrected chi connectivity index (χ2v) is 4.18. The summed E-state index contributed by atoms with van der Waals surface area (Å²) in [5.74, 6) is -0.935. The molecule has 92 valence electrons. The first-order chi connectivity index (χ1) is 9.25. The zero-order valence-electron chi connectivity index (χ0n) is 9.95. The average molecular weight is 250 g/mol. The van der Waals surface area contributed by atoms with Gasteiger partial charge in [-0.3, -0.25) is 0 Å². The normalized spacial score (nSPS) is 10.5. The molecule has 0 atom stereocenters. The molecule has 0 bridgehead atoms. The van der Waals surface area contributed by atoms with Gasteiger partial charge in [0, 0.05) is 18.0 Å². The van der Waals surface area contributed by atoms with Crippen LogP contribution in [-0.2, 0) is 0 Å². The van der Waals surface area contributed by atoms with Crippen LogP contribution in [0.4, 0.5) is 0 Å². The molecule has 0 unspecified atom stereocenters. The fourth-order valence-corrected chi connectivity index (χ4v) is 2.10. The van der Waals surface area contributed by atoms with Gasteiger partial charge in [-0.2, -0.15) is 0 Å². The zero-order chi connectivity index (χ0) is 13.2. The summed E-state index contributed by atoms with van der Waals surface area (Å²) in [5.41, 5.74) is 1.89. The summed E-state index contributed by atoms with van der Waals surface area (Å²) in [6.45, 7) is 0. The van der Waals surface area contributed by atoms with E-state index < -0.39 is 5.97 Å². The number of carboxylic acids is 1. The molecular weight excluding hydrogens is 240 g/mol. The van der Waals surface area contributed by atoms with Gasteiger partial charge in [-0.25, -0.2) is 14.8 Å². The Morgan fingerprint density at radius 1 is 1.00 bits per heavy atom. The van der Waals surface area contributed by atoms with Crippen LogP contribution >= 0.6 is 0 Å². The van der Waals surface area contributed by atoms with E-state index in [2.05, 4.69) is 9.97 Å². The molecule has 3 aromatic rings. The number of carbonyl (C=O) groups is 1. The molecule has 0 radical (unpaired) electrons. The maximum atomic E-state index is 11.4. The van der Waals surface area contributed by atoms with E-state index in [9.17, 15) is 9.90 Å². The minimum absolute atomic E-state index is 0.289. The van der Waals surface area contributed by atoms with Crippen molar-refractivity contribution in [3.63, 3.8) is 0 Å². The first-order valence-corrected chi connectivity index (χ1v) is 5.77. The van der Waals surface area contributed by atoms with Crippen LogP contribution in [0.3, 0.4) is 0 Å². The molecule has 0 aliphatic carbocycles. The van der Waals surface area contributed by atoms with Gasteiger partial charge in [0.05, 0.1) is 5.56 Å². The van der Waals surface area contributed by atoms with E-state index in [0.29, 0.717) is 0 Å². The third-order valence-corrected chi connectivity index (χ3v) is 2.99. The van der Waals surface area contributed by atoms with Gasteiger partial charge in [-0.15, -0.1) is 0 Å². The van der Waals surface area contributed by atoms with Crippen LogP contribution in [0.5, 0.6) is 0 Å². The molecule has 4 heteroatoms. The van der Waals surface area contributed by atoms with Gasteiger partial charge in [-0.05, 0) is 28.5 Å². The summed E-state index contributed by atoms with van der Waals surface area (Å²) in [5, 5.41) is 10.9. The summed E-state index contributed by atoms with van der Waals surface area (Å²) in [6.07, 6.45) is 4.79. The Labute approximate surface area is 109 Å². The first kappa shape index (κ1) is 11.3. The Morgan fingerprint density at radius 2 is 1.74 bits per heavy atom. The van der Waals surface area contributed by atoms with E-state index in [4.69, 9.17) is 0 Å². The molecule has 4 nitrogen and oxygen atoms in total. The van der Waals surface area contributed by atoms with Gasteiger partial charge in [0.1, 0.15) is 6.33 Å². The minimum atomic E-state index is -0.935. The highest BCUT2D eigenvalue weighted by Crippen LogP contribution is 2.27. The van der Waals surface area contributed by atoms with Gasteiger partial charge < -0.3 is 5.11 Å². The quantitative estimate of drug-likeness (QED) is 0.759. The lowest BCUT2D eigenvalue weighted by molar-refractivity contribution is 0.0699. The number of carboxylic acid groups (broad SMARTS) is 1. The fraction of sp³-hybridized carbons (Fsp3) is 0. The molecule has 1 heterocycles. The Hall–Kier alpha value is -2.75. The second kappa shape index (κ2) is 4.49. The molecule has 3 rings (SSSR count). The van der Waals surface area contributed by atoms with Crippen molar-refractivity contribution in [3.8, 4) is 11.1 Å². The van der Waals surface area contributed by atoms with Crippen molar-refractivity contribution in [2.75, 3.05) is 0 Å². The maximum Gasteiger partial charge on any atom is 0.336 e. The third-order valence-electron chi connectivity index (χ3n) is 2.99. The zero-order valence-corrected chi connectivity index (χ0v) is 9.95. The summed E-state index contributed by atoms with van der Waals surface area (Å²) in [4.78, 5) is 19.3. The van der Waals surface area contributed by atoms with E-state index in [1.807, 2.05) is 30.3 Å². The molecule has 0 amide bonds. The van der Waals surface area contributed by atoms with E-state index in [0.717, 1.165) is 21.9 Å². The smallest absolute Gasteiger partial charge is 0.336 e. The molecule has 0 saturated carbocycles. The van der Waals surface area contributed by atoms with Gasteiger partial charge in [0.15, 0.2) is 0 Å². The number of aromatic carboxylic acids is 1. The molecule has 1 N–H and O–H groups in total. The molecule has 0 saturated heterocycles. The standard InChI is InChI=1S/C15H10N2O2/c18-15(19)14-6-11(12-7-16-9-17-8-12)5-10-3-1-2-4-13(10)14/h1-9H,(H,18,19). The van der Waals surface area contributed by atoms with Crippen molar-refractivity contribution >= 4 is 16.7 Å². The summed E-state index contributed by atoms with van der Waals surface area (Å²) in [6, 6.07) is 11.0. The molecule has 0 fully saturated rings. The van der Waals surface area contributed by atoms with Crippen LogP contribution in [0, 0.1) is 0 Å². The number of hydrogen-bond acceptors (Lipinski definition) is 3. The largest absolute Gasteiger partial charge is 0.478 e. The molecule has 1 aromatic heterocycles. The van der Waals surface area contributed by atoms with Gasteiger partial charge in [-0.1, -0.05) is 24.3 Å². The highest BCUT2D eigenvalue weighted by atomic mass is 16.4. The Kier molecular flexibility index (Phi) is 2.68. The summed E-state index contributed by atoms with van der Waals surface area (Å²) in [7, 11) is 0. The monoisotopic (exact) mass is 250 g/mol. The molecule has 0 aliphatic rings. The van der Waals surface area contributed by atoms with Crippen molar-refractivity contribution in [2.45, 2.75) is 0 Å². The topological polar surface area (TPSA) is 63.1 Å². The Bertz CT molecular complexity index is 754. The SMILES string of the molecule is O=C(O)c1cc(-c2cncnc2)cc2ccccc12. The van der Waals surface area contributed by atoms with Crippen LogP contribution < -0.4 is 0 Å². The van der Waals surface area contributed by atoms with Crippen molar-refractivity contribution in [3.05, 3.63) is 60.7 Å². The van der Waals surface area contributed by atoms with Crippen molar-refractivity contribution < 1.29 is 9.90 Å². The van der Waals surface area contributed by atoms with Crippen molar-refractivity contribution in [1.82, 2.24) is 9.97 Å². The number of hydrogen-bond donors (Lipinski definition) is 1. The number of aromatic nitrogens is 2. The summed E-state index contributed by atoms with van der Waals surface area (Å²) < 4.78 is 0. The highest BCUT2D eigenvalue weighted by Gasteiger charge is 2.11. The molecular formula is C15H10N2O2. The van der Waals surface area contributed by atoms with E-state index in [1.54, 1.807) is 18.5 Å². The van der Waals surface area contributed by atoms with Gasteiger partial charge >= 0.3 is 5.97 Å². The predicted octanol–water partition coefficient (Wildman–Crippen LogP) is 3.00. The van der Waals surface area contributed by atoms with Crippen LogP contribution in [0.25, 0.3) is 21.9 Å². The van der Waals surface area contributed by atoms with Gasteiger partial charge in [0.2, 0.25) is 0 Å². The van der Waals surface area contributed by atoms with Gasteiger partial charge in [0.25, 0.3) is 0 Å². The summed E-state index contributed by atoms with van der Waals surface area (Å²) >= 11 is 0. The third kappa shape index (κ3) is 2.04. The van der Waals surface area contributed by atoms with Crippen LogP contribution in [-0.4, -0.2) is 21.0 Å². The Morgan fingerprint density at radius 3 is 2.47 bits per heavy atom. The molecule has 0 spiro atoms. The van der Waals surface area contributed by atoms with Crippen LogP contribution in [0.2, 0.25) is 0 Å². The lowest BCUT2D eigenvalue weighted by Crippen LogP contribution is -1.98. The van der Waals surface area contributed by atoms with Crippen molar-refractivity contribution in [2.24, 2.45) is 0 Å². The van der Waals surface area contributed by atoms with Crippen LogP contribution in [0.15, 0.2) is 55.1 Å². The maximum absolute atomic E-state index is 11.4.